The van der Waals surface area contributed by atoms with E-state index in [4.69, 9.17) is 4.74 Å². The first-order valence-corrected chi connectivity index (χ1v) is 6.56. The van der Waals surface area contributed by atoms with Gasteiger partial charge in [-0.25, -0.2) is 0 Å². The minimum absolute atomic E-state index is 0.0516. The van der Waals surface area contributed by atoms with Crippen LogP contribution in [0.2, 0.25) is 0 Å². The standard InChI is InChI=1S/C14H20N2O2/c1-3-10(4-2)16-14(17)11-6-5-7-12-13(11)18-9-8-15-12/h5-7,10,15H,3-4,8-9H2,1-2H3,(H,16,17). The van der Waals surface area contributed by atoms with Gasteiger partial charge in [0.15, 0.2) is 5.75 Å². The predicted molar refractivity (Wildman–Crippen MR) is 72.3 cm³/mol. The van der Waals surface area contributed by atoms with Gasteiger partial charge in [0.1, 0.15) is 6.61 Å². The van der Waals surface area contributed by atoms with E-state index < -0.39 is 0 Å². The van der Waals surface area contributed by atoms with Gasteiger partial charge >= 0.3 is 0 Å². The van der Waals surface area contributed by atoms with Crippen LogP contribution in [-0.4, -0.2) is 25.1 Å². The highest BCUT2D eigenvalue weighted by molar-refractivity contribution is 5.99. The predicted octanol–water partition coefficient (Wildman–Crippen LogP) is 2.41. The fourth-order valence-electron chi connectivity index (χ4n) is 2.11. The maximum absolute atomic E-state index is 12.2. The van der Waals surface area contributed by atoms with Crippen molar-refractivity contribution in [2.45, 2.75) is 32.7 Å². The Labute approximate surface area is 108 Å². The van der Waals surface area contributed by atoms with Gasteiger partial charge in [0, 0.05) is 12.6 Å². The van der Waals surface area contributed by atoms with Gasteiger partial charge in [0.2, 0.25) is 0 Å². The molecule has 0 bridgehead atoms. The monoisotopic (exact) mass is 248 g/mol. The lowest BCUT2D eigenvalue weighted by molar-refractivity contribution is 0.0930. The van der Waals surface area contributed by atoms with Gasteiger partial charge < -0.3 is 15.4 Å². The summed E-state index contributed by atoms with van der Waals surface area (Å²) in [6, 6.07) is 5.85. The lowest BCUT2D eigenvalue weighted by atomic mass is 10.1. The molecular weight excluding hydrogens is 228 g/mol. The van der Waals surface area contributed by atoms with Crippen molar-refractivity contribution in [2.24, 2.45) is 0 Å². The molecule has 0 atom stereocenters. The molecule has 1 aliphatic rings. The van der Waals surface area contributed by atoms with Gasteiger partial charge in [-0.05, 0) is 25.0 Å². The van der Waals surface area contributed by atoms with Crippen molar-refractivity contribution in [3.63, 3.8) is 0 Å². The quantitative estimate of drug-likeness (QED) is 0.860. The van der Waals surface area contributed by atoms with Crippen molar-refractivity contribution in [2.75, 3.05) is 18.5 Å². The molecule has 0 unspecified atom stereocenters. The first-order chi connectivity index (χ1) is 8.76. The molecule has 0 aliphatic carbocycles. The molecule has 1 aromatic carbocycles. The number of fused-ring (bicyclic) bond motifs is 1. The summed E-state index contributed by atoms with van der Waals surface area (Å²) in [5, 5.41) is 6.27. The summed E-state index contributed by atoms with van der Waals surface area (Å²) in [5.41, 5.74) is 1.52. The van der Waals surface area contributed by atoms with E-state index in [0.717, 1.165) is 25.1 Å². The largest absolute Gasteiger partial charge is 0.489 e. The molecule has 2 rings (SSSR count). The number of benzene rings is 1. The number of anilines is 1. The first-order valence-electron chi connectivity index (χ1n) is 6.56. The second-order valence-corrected chi connectivity index (χ2v) is 4.44. The van der Waals surface area contributed by atoms with Crippen LogP contribution < -0.4 is 15.4 Å². The van der Waals surface area contributed by atoms with E-state index >= 15 is 0 Å². The molecule has 98 valence electrons. The van der Waals surface area contributed by atoms with E-state index in [1.165, 1.54) is 0 Å². The molecule has 0 saturated heterocycles. The van der Waals surface area contributed by atoms with Crippen molar-refractivity contribution in [1.82, 2.24) is 5.32 Å². The summed E-state index contributed by atoms with van der Waals surface area (Å²) in [7, 11) is 0. The van der Waals surface area contributed by atoms with Crippen molar-refractivity contribution < 1.29 is 9.53 Å². The molecular formula is C14H20N2O2. The van der Waals surface area contributed by atoms with Crippen LogP contribution in [0.3, 0.4) is 0 Å². The Morgan fingerprint density at radius 2 is 2.22 bits per heavy atom. The summed E-state index contributed by atoms with van der Waals surface area (Å²) in [6.07, 6.45) is 1.88. The van der Waals surface area contributed by atoms with Crippen LogP contribution in [-0.2, 0) is 0 Å². The zero-order chi connectivity index (χ0) is 13.0. The van der Waals surface area contributed by atoms with E-state index in [2.05, 4.69) is 24.5 Å². The number of carbonyl (C=O) groups excluding carboxylic acids is 1. The third kappa shape index (κ3) is 2.58. The summed E-state index contributed by atoms with van der Waals surface area (Å²) in [5.74, 6) is 0.622. The zero-order valence-corrected chi connectivity index (χ0v) is 11.0. The summed E-state index contributed by atoms with van der Waals surface area (Å²) >= 11 is 0. The topological polar surface area (TPSA) is 50.4 Å². The Bertz CT molecular complexity index is 428. The molecule has 2 N–H and O–H groups in total. The van der Waals surface area contributed by atoms with Gasteiger partial charge in [-0.3, -0.25) is 4.79 Å². The number of nitrogens with one attached hydrogen (secondary N) is 2. The minimum atomic E-state index is -0.0516. The Morgan fingerprint density at radius 1 is 1.44 bits per heavy atom. The zero-order valence-electron chi connectivity index (χ0n) is 11.0. The second-order valence-electron chi connectivity index (χ2n) is 4.44. The highest BCUT2D eigenvalue weighted by Crippen LogP contribution is 2.31. The van der Waals surface area contributed by atoms with Crippen molar-refractivity contribution in [3.8, 4) is 5.75 Å². The van der Waals surface area contributed by atoms with Crippen LogP contribution in [0.1, 0.15) is 37.0 Å². The maximum atomic E-state index is 12.2. The Hall–Kier alpha value is -1.71. The molecule has 0 radical (unpaired) electrons. The molecule has 1 heterocycles. The molecule has 0 spiro atoms. The molecule has 0 saturated carbocycles. The fourth-order valence-corrected chi connectivity index (χ4v) is 2.11. The third-order valence-corrected chi connectivity index (χ3v) is 3.24. The lowest BCUT2D eigenvalue weighted by Crippen LogP contribution is -2.34. The van der Waals surface area contributed by atoms with E-state index in [1.54, 1.807) is 0 Å². The van der Waals surface area contributed by atoms with Gasteiger partial charge in [0.05, 0.1) is 11.3 Å². The molecule has 1 aliphatic heterocycles. The third-order valence-electron chi connectivity index (χ3n) is 3.24. The van der Waals surface area contributed by atoms with Gasteiger partial charge in [-0.15, -0.1) is 0 Å². The molecule has 0 fully saturated rings. The summed E-state index contributed by atoms with van der Waals surface area (Å²) in [6.45, 7) is 5.53. The van der Waals surface area contributed by atoms with E-state index in [0.29, 0.717) is 17.9 Å². The van der Waals surface area contributed by atoms with Crippen molar-refractivity contribution in [3.05, 3.63) is 23.8 Å². The summed E-state index contributed by atoms with van der Waals surface area (Å²) < 4.78 is 5.60. The minimum Gasteiger partial charge on any atom is -0.489 e. The smallest absolute Gasteiger partial charge is 0.255 e. The number of carbonyl (C=O) groups is 1. The van der Waals surface area contributed by atoms with Crippen molar-refractivity contribution in [1.29, 1.82) is 0 Å². The second kappa shape index (κ2) is 5.76. The maximum Gasteiger partial charge on any atom is 0.255 e. The highest BCUT2D eigenvalue weighted by Gasteiger charge is 2.20. The van der Waals surface area contributed by atoms with E-state index in [-0.39, 0.29) is 11.9 Å². The van der Waals surface area contributed by atoms with Gasteiger partial charge in [-0.1, -0.05) is 19.9 Å². The normalized spacial score (nSPS) is 13.5. The van der Waals surface area contributed by atoms with Crippen LogP contribution >= 0.6 is 0 Å². The molecule has 4 heteroatoms. The molecule has 1 amide bonds. The molecule has 18 heavy (non-hydrogen) atoms. The van der Waals surface area contributed by atoms with Crippen LogP contribution in [0.4, 0.5) is 5.69 Å². The Balaban J connectivity index is 2.20. The first kappa shape index (κ1) is 12.7. The van der Waals surface area contributed by atoms with Gasteiger partial charge in [-0.2, -0.15) is 0 Å². The average molecular weight is 248 g/mol. The lowest BCUT2D eigenvalue weighted by Gasteiger charge is -2.22. The average Bonchev–Trinajstić information content (AvgIpc) is 2.43. The number of rotatable bonds is 4. The van der Waals surface area contributed by atoms with Crippen molar-refractivity contribution >= 4 is 11.6 Å². The van der Waals surface area contributed by atoms with Crippen LogP contribution in [0.25, 0.3) is 0 Å². The van der Waals surface area contributed by atoms with Crippen LogP contribution in [0, 0.1) is 0 Å². The van der Waals surface area contributed by atoms with Crippen LogP contribution in [0.15, 0.2) is 18.2 Å². The number of hydrogen-bond donors (Lipinski definition) is 2. The van der Waals surface area contributed by atoms with E-state index in [9.17, 15) is 4.79 Å². The summed E-state index contributed by atoms with van der Waals surface area (Å²) in [4.78, 5) is 12.2. The number of hydrogen-bond acceptors (Lipinski definition) is 3. The number of amides is 1. The van der Waals surface area contributed by atoms with Crippen LogP contribution in [0.5, 0.6) is 5.75 Å². The van der Waals surface area contributed by atoms with Gasteiger partial charge in [0.25, 0.3) is 5.91 Å². The highest BCUT2D eigenvalue weighted by atomic mass is 16.5. The van der Waals surface area contributed by atoms with E-state index in [1.807, 2.05) is 18.2 Å². The number of ether oxygens (including phenoxy) is 1. The molecule has 4 nitrogen and oxygen atoms in total. The SMILES string of the molecule is CCC(CC)NC(=O)c1cccc2c1OCCN2. The Morgan fingerprint density at radius 3 is 2.94 bits per heavy atom. The number of para-hydroxylation sites is 1. The fraction of sp³-hybridized carbons (Fsp3) is 0.500. The molecule has 0 aromatic heterocycles. The molecule has 1 aromatic rings. The Kier molecular flexibility index (Phi) is 4.07.